The SMILES string of the molecule is C=C(CC)C(CCSC)NC(C)=O. The molecule has 2 nitrogen and oxygen atoms in total. The van der Waals surface area contributed by atoms with Crippen molar-refractivity contribution in [1.82, 2.24) is 5.32 Å². The molecule has 1 N–H and O–H groups in total. The van der Waals surface area contributed by atoms with Gasteiger partial charge in [0.2, 0.25) is 5.91 Å². The van der Waals surface area contributed by atoms with Crippen LogP contribution in [0.1, 0.15) is 26.7 Å². The van der Waals surface area contributed by atoms with E-state index in [9.17, 15) is 4.79 Å². The highest BCUT2D eigenvalue weighted by Crippen LogP contribution is 2.10. The summed E-state index contributed by atoms with van der Waals surface area (Å²) in [4.78, 5) is 10.9. The van der Waals surface area contributed by atoms with Crippen molar-refractivity contribution in [3.63, 3.8) is 0 Å². The summed E-state index contributed by atoms with van der Waals surface area (Å²) in [5.74, 6) is 1.09. The molecule has 0 aromatic carbocycles. The maximum absolute atomic E-state index is 10.9. The zero-order valence-electron chi connectivity index (χ0n) is 8.72. The molecular formula is C10H19NOS. The number of nitrogens with one attached hydrogen (secondary N) is 1. The molecule has 0 radical (unpaired) electrons. The van der Waals surface area contributed by atoms with E-state index in [1.54, 1.807) is 18.7 Å². The lowest BCUT2D eigenvalue weighted by Gasteiger charge is -2.18. The van der Waals surface area contributed by atoms with E-state index >= 15 is 0 Å². The van der Waals surface area contributed by atoms with Crippen LogP contribution in [0, 0.1) is 0 Å². The van der Waals surface area contributed by atoms with E-state index in [0.29, 0.717) is 0 Å². The highest BCUT2D eigenvalue weighted by molar-refractivity contribution is 7.98. The molecule has 0 aliphatic heterocycles. The van der Waals surface area contributed by atoms with Crippen molar-refractivity contribution >= 4 is 17.7 Å². The number of carbonyl (C=O) groups is 1. The Morgan fingerprint density at radius 3 is 2.62 bits per heavy atom. The lowest BCUT2D eigenvalue weighted by atomic mass is 10.0. The number of hydrogen-bond donors (Lipinski definition) is 1. The van der Waals surface area contributed by atoms with Gasteiger partial charge in [-0.25, -0.2) is 0 Å². The third kappa shape index (κ3) is 5.75. The number of hydrogen-bond acceptors (Lipinski definition) is 2. The highest BCUT2D eigenvalue weighted by atomic mass is 32.2. The van der Waals surface area contributed by atoms with E-state index in [0.717, 1.165) is 24.2 Å². The fourth-order valence-corrected chi connectivity index (χ4v) is 1.58. The van der Waals surface area contributed by atoms with Gasteiger partial charge in [-0.2, -0.15) is 11.8 Å². The minimum Gasteiger partial charge on any atom is -0.350 e. The average Bonchev–Trinajstić information content (AvgIpc) is 2.10. The summed E-state index contributed by atoms with van der Waals surface area (Å²) in [6, 6.07) is 0.162. The molecule has 0 aliphatic carbocycles. The Kier molecular flexibility index (Phi) is 6.77. The van der Waals surface area contributed by atoms with E-state index in [1.807, 2.05) is 0 Å². The van der Waals surface area contributed by atoms with Crippen LogP contribution in [-0.2, 0) is 4.79 Å². The summed E-state index contributed by atoms with van der Waals surface area (Å²) < 4.78 is 0. The maximum atomic E-state index is 10.9. The summed E-state index contributed by atoms with van der Waals surface area (Å²) >= 11 is 1.79. The monoisotopic (exact) mass is 201 g/mol. The molecule has 0 spiro atoms. The normalized spacial score (nSPS) is 12.2. The van der Waals surface area contributed by atoms with Gasteiger partial charge in [-0.3, -0.25) is 4.79 Å². The predicted molar refractivity (Wildman–Crippen MR) is 60.0 cm³/mol. The van der Waals surface area contributed by atoms with Crippen LogP contribution in [0.5, 0.6) is 0 Å². The smallest absolute Gasteiger partial charge is 0.217 e. The van der Waals surface area contributed by atoms with Crippen molar-refractivity contribution in [1.29, 1.82) is 0 Å². The fraction of sp³-hybridized carbons (Fsp3) is 0.700. The van der Waals surface area contributed by atoms with Crippen LogP contribution in [0.15, 0.2) is 12.2 Å². The Morgan fingerprint density at radius 1 is 1.62 bits per heavy atom. The van der Waals surface area contributed by atoms with Gasteiger partial charge in [-0.1, -0.05) is 19.1 Å². The molecule has 3 heteroatoms. The number of carbonyl (C=O) groups excluding carboxylic acids is 1. The van der Waals surface area contributed by atoms with Gasteiger partial charge in [-0.15, -0.1) is 0 Å². The van der Waals surface area contributed by atoms with E-state index in [4.69, 9.17) is 0 Å². The van der Waals surface area contributed by atoms with Gasteiger partial charge in [0.25, 0.3) is 0 Å². The molecule has 0 fully saturated rings. The van der Waals surface area contributed by atoms with Crippen molar-refractivity contribution in [3.8, 4) is 0 Å². The van der Waals surface area contributed by atoms with Crippen LogP contribution in [0.3, 0.4) is 0 Å². The largest absolute Gasteiger partial charge is 0.350 e. The Balaban J connectivity index is 4.02. The van der Waals surface area contributed by atoms with Crippen molar-refractivity contribution in [3.05, 3.63) is 12.2 Å². The van der Waals surface area contributed by atoms with Crippen LogP contribution in [0.2, 0.25) is 0 Å². The van der Waals surface area contributed by atoms with Gasteiger partial charge in [0, 0.05) is 6.92 Å². The van der Waals surface area contributed by atoms with E-state index in [1.165, 1.54) is 0 Å². The molecule has 0 bridgehead atoms. The van der Waals surface area contributed by atoms with Gasteiger partial charge in [0.1, 0.15) is 0 Å². The van der Waals surface area contributed by atoms with Crippen molar-refractivity contribution in [2.75, 3.05) is 12.0 Å². The topological polar surface area (TPSA) is 29.1 Å². The maximum Gasteiger partial charge on any atom is 0.217 e. The van der Waals surface area contributed by atoms with Crippen LogP contribution < -0.4 is 5.32 Å². The first-order valence-electron chi connectivity index (χ1n) is 4.55. The van der Waals surface area contributed by atoms with E-state index < -0.39 is 0 Å². The molecule has 76 valence electrons. The first-order chi connectivity index (χ1) is 6.11. The summed E-state index contributed by atoms with van der Waals surface area (Å²) in [5, 5.41) is 2.91. The molecule has 13 heavy (non-hydrogen) atoms. The molecule has 1 amide bonds. The Hall–Kier alpha value is -0.440. The molecule has 1 unspecified atom stereocenters. The Morgan fingerprint density at radius 2 is 2.23 bits per heavy atom. The Labute approximate surface area is 85.2 Å². The summed E-state index contributed by atoms with van der Waals surface area (Å²) in [6.45, 7) is 7.57. The van der Waals surface area contributed by atoms with Crippen LogP contribution in [0.4, 0.5) is 0 Å². The van der Waals surface area contributed by atoms with E-state index in [-0.39, 0.29) is 11.9 Å². The third-order valence-electron chi connectivity index (χ3n) is 1.94. The molecule has 0 aromatic heterocycles. The molecule has 0 aromatic rings. The van der Waals surface area contributed by atoms with Gasteiger partial charge in [0.05, 0.1) is 6.04 Å². The third-order valence-corrected chi connectivity index (χ3v) is 2.58. The number of thioether (sulfide) groups is 1. The lowest BCUT2D eigenvalue weighted by molar-refractivity contribution is -0.119. The first-order valence-corrected chi connectivity index (χ1v) is 5.94. The number of rotatable bonds is 6. The Bertz CT molecular complexity index is 180. The fourth-order valence-electron chi connectivity index (χ4n) is 1.11. The second-order valence-corrected chi connectivity index (χ2v) is 4.03. The van der Waals surface area contributed by atoms with Crippen molar-refractivity contribution in [2.45, 2.75) is 32.7 Å². The van der Waals surface area contributed by atoms with Crippen molar-refractivity contribution in [2.24, 2.45) is 0 Å². The molecule has 0 aliphatic rings. The second-order valence-electron chi connectivity index (χ2n) is 3.05. The van der Waals surface area contributed by atoms with Gasteiger partial charge >= 0.3 is 0 Å². The van der Waals surface area contributed by atoms with Crippen LogP contribution in [0.25, 0.3) is 0 Å². The molecule has 0 heterocycles. The summed E-state index contributed by atoms with van der Waals surface area (Å²) in [6.07, 6.45) is 3.98. The second kappa shape index (κ2) is 7.01. The van der Waals surface area contributed by atoms with Gasteiger partial charge < -0.3 is 5.32 Å². The summed E-state index contributed by atoms with van der Waals surface area (Å²) in [7, 11) is 0. The minimum atomic E-state index is 0.0284. The number of amides is 1. The zero-order valence-corrected chi connectivity index (χ0v) is 9.54. The highest BCUT2D eigenvalue weighted by Gasteiger charge is 2.11. The summed E-state index contributed by atoms with van der Waals surface area (Å²) in [5.41, 5.74) is 1.12. The quantitative estimate of drug-likeness (QED) is 0.668. The molecule has 0 rings (SSSR count). The molecular weight excluding hydrogens is 182 g/mol. The van der Waals surface area contributed by atoms with Crippen LogP contribution >= 0.6 is 11.8 Å². The lowest BCUT2D eigenvalue weighted by Crippen LogP contribution is -2.34. The van der Waals surface area contributed by atoms with E-state index in [2.05, 4.69) is 25.1 Å². The minimum absolute atomic E-state index is 0.0284. The average molecular weight is 201 g/mol. The van der Waals surface area contributed by atoms with Crippen molar-refractivity contribution < 1.29 is 4.79 Å². The van der Waals surface area contributed by atoms with Crippen LogP contribution in [-0.4, -0.2) is 24.0 Å². The molecule has 0 saturated carbocycles. The first kappa shape index (κ1) is 12.6. The zero-order chi connectivity index (χ0) is 10.3. The van der Waals surface area contributed by atoms with Gasteiger partial charge in [-0.05, 0) is 24.9 Å². The molecule has 0 saturated heterocycles. The van der Waals surface area contributed by atoms with Gasteiger partial charge in [0.15, 0.2) is 0 Å². The standard InChI is InChI=1S/C10H19NOS/c1-5-8(2)10(6-7-13-4)11-9(3)12/h10H,2,5-7H2,1,3-4H3,(H,11,12). The predicted octanol–water partition coefficient (Wildman–Crippen LogP) is 2.21. The molecule has 1 atom stereocenters.